The molecule has 1 aromatic heterocycles. The first kappa shape index (κ1) is 21.7. The molecule has 0 saturated carbocycles. The van der Waals surface area contributed by atoms with Crippen LogP contribution >= 0.6 is 0 Å². The Hall–Kier alpha value is -4.01. The molecule has 0 aliphatic rings. The number of benzene rings is 2. The minimum absolute atomic E-state index is 0.0903. The molecule has 0 aliphatic heterocycles. The number of esters is 1. The van der Waals surface area contributed by atoms with Gasteiger partial charge in [-0.05, 0) is 50.6 Å². The lowest BCUT2D eigenvalue weighted by Crippen LogP contribution is -2.34. The fourth-order valence-corrected chi connectivity index (χ4v) is 2.87. The number of ether oxygens (including phenoxy) is 1. The summed E-state index contributed by atoms with van der Waals surface area (Å²) >= 11 is 0. The fourth-order valence-electron chi connectivity index (χ4n) is 2.87. The van der Waals surface area contributed by atoms with Crippen molar-refractivity contribution in [2.45, 2.75) is 33.2 Å². The summed E-state index contributed by atoms with van der Waals surface area (Å²) in [6.45, 7) is 5.26. The van der Waals surface area contributed by atoms with E-state index in [0.717, 1.165) is 0 Å². The van der Waals surface area contributed by atoms with Gasteiger partial charge in [-0.2, -0.15) is 0 Å². The zero-order valence-electron chi connectivity index (χ0n) is 17.1. The van der Waals surface area contributed by atoms with Crippen LogP contribution in [0, 0.1) is 17.0 Å². The molecule has 0 aliphatic carbocycles. The molecule has 1 heterocycles. The highest BCUT2D eigenvalue weighted by molar-refractivity contribution is 5.97. The number of aryl methyl sites for hydroxylation is 1. The first-order chi connectivity index (χ1) is 14.7. The van der Waals surface area contributed by atoms with Gasteiger partial charge in [-0.15, -0.1) is 0 Å². The summed E-state index contributed by atoms with van der Waals surface area (Å²) in [6, 6.07) is 9.65. The maximum absolute atomic E-state index is 12.4. The third kappa shape index (κ3) is 4.77. The van der Waals surface area contributed by atoms with Crippen molar-refractivity contribution in [2.75, 3.05) is 0 Å². The highest BCUT2D eigenvalue weighted by Crippen LogP contribution is 2.23. The summed E-state index contributed by atoms with van der Waals surface area (Å²) in [5.41, 5.74) is -0.400. The summed E-state index contributed by atoms with van der Waals surface area (Å²) < 4.78 is 10.5. The number of carbonyl (C=O) groups excluding carboxylic acids is 2. The van der Waals surface area contributed by atoms with Crippen LogP contribution in [0.3, 0.4) is 0 Å². The number of nitrogens with one attached hydrogen (secondary N) is 1. The minimum atomic E-state index is -0.803. The van der Waals surface area contributed by atoms with E-state index in [1.54, 1.807) is 6.07 Å². The van der Waals surface area contributed by atoms with Gasteiger partial charge in [0.15, 0.2) is 0 Å². The maximum Gasteiger partial charge on any atom is 0.349 e. The molecule has 1 amide bonds. The SMILES string of the molecule is CCC(C)NC(=O)c1cc2ccc(OC(=O)c3ccc([N+](=O)[O-])c(C)c3)cc2oc1=O. The zero-order valence-corrected chi connectivity index (χ0v) is 17.1. The van der Waals surface area contributed by atoms with E-state index in [0.29, 0.717) is 17.4 Å². The normalized spacial score (nSPS) is 11.7. The summed E-state index contributed by atoms with van der Waals surface area (Å²) in [5, 5.41) is 14.1. The Morgan fingerprint density at radius 1 is 1.19 bits per heavy atom. The van der Waals surface area contributed by atoms with Gasteiger partial charge in [-0.3, -0.25) is 14.9 Å². The number of nitrogens with zero attached hydrogens (tertiary/aromatic N) is 1. The molecule has 9 nitrogen and oxygen atoms in total. The van der Waals surface area contributed by atoms with Crippen LogP contribution in [0.25, 0.3) is 11.0 Å². The van der Waals surface area contributed by atoms with Crippen LogP contribution in [0.4, 0.5) is 5.69 Å². The number of rotatable bonds is 6. The van der Waals surface area contributed by atoms with E-state index in [2.05, 4.69) is 5.32 Å². The smallest absolute Gasteiger partial charge is 0.349 e. The van der Waals surface area contributed by atoms with E-state index in [4.69, 9.17) is 9.15 Å². The first-order valence-electron chi connectivity index (χ1n) is 9.55. The maximum atomic E-state index is 12.4. The standard InChI is InChI=1S/C22H20N2O7/c1-4-13(3)23-20(25)17-10-14-5-7-16(11-19(14)31-22(17)27)30-21(26)15-6-8-18(24(28)29)12(2)9-15/h5-11,13H,4H2,1-3H3,(H,23,25). The molecule has 31 heavy (non-hydrogen) atoms. The Morgan fingerprint density at radius 3 is 2.58 bits per heavy atom. The largest absolute Gasteiger partial charge is 0.423 e. The van der Waals surface area contributed by atoms with Crippen molar-refractivity contribution >= 4 is 28.5 Å². The van der Waals surface area contributed by atoms with Crippen molar-refractivity contribution in [1.82, 2.24) is 5.32 Å². The van der Waals surface area contributed by atoms with Crippen LogP contribution in [0.2, 0.25) is 0 Å². The Kier molecular flexibility index (Phi) is 6.15. The van der Waals surface area contributed by atoms with Crippen molar-refractivity contribution in [3.63, 3.8) is 0 Å². The molecule has 0 fully saturated rings. The van der Waals surface area contributed by atoms with E-state index >= 15 is 0 Å². The van der Waals surface area contributed by atoms with Gasteiger partial charge in [-0.1, -0.05) is 6.92 Å². The number of hydrogen-bond donors (Lipinski definition) is 1. The molecule has 1 N–H and O–H groups in total. The lowest BCUT2D eigenvalue weighted by Gasteiger charge is -2.11. The molecule has 9 heteroatoms. The topological polar surface area (TPSA) is 129 Å². The third-order valence-electron chi connectivity index (χ3n) is 4.78. The predicted molar refractivity (Wildman–Crippen MR) is 112 cm³/mol. The van der Waals surface area contributed by atoms with Crippen LogP contribution in [0.1, 0.15) is 46.5 Å². The number of carbonyl (C=O) groups is 2. The second-order valence-electron chi connectivity index (χ2n) is 7.08. The van der Waals surface area contributed by atoms with Crippen molar-refractivity contribution in [2.24, 2.45) is 0 Å². The van der Waals surface area contributed by atoms with Crippen LogP contribution < -0.4 is 15.7 Å². The molecular weight excluding hydrogens is 404 g/mol. The molecule has 0 radical (unpaired) electrons. The molecule has 1 atom stereocenters. The molecule has 1 unspecified atom stereocenters. The summed E-state index contributed by atoms with van der Waals surface area (Å²) in [5.74, 6) is -1.12. The first-order valence-corrected chi connectivity index (χ1v) is 9.55. The molecule has 160 valence electrons. The van der Waals surface area contributed by atoms with Gasteiger partial charge in [0.2, 0.25) is 0 Å². The van der Waals surface area contributed by atoms with Crippen LogP contribution in [-0.4, -0.2) is 22.8 Å². The van der Waals surface area contributed by atoms with E-state index < -0.39 is 22.4 Å². The Bertz CT molecular complexity index is 1250. The number of amides is 1. The van der Waals surface area contributed by atoms with Crippen molar-refractivity contribution in [3.05, 3.63) is 79.7 Å². The van der Waals surface area contributed by atoms with E-state index in [9.17, 15) is 24.5 Å². The van der Waals surface area contributed by atoms with E-state index in [1.807, 2.05) is 13.8 Å². The van der Waals surface area contributed by atoms with Crippen LogP contribution in [0.5, 0.6) is 5.75 Å². The summed E-state index contributed by atoms with van der Waals surface area (Å²) in [6.07, 6.45) is 0.716. The average molecular weight is 424 g/mol. The fraction of sp³-hybridized carbons (Fsp3) is 0.227. The monoisotopic (exact) mass is 424 g/mol. The van der Waals surface area contributed by atoms with Gasteiger partial charge in [-0.25, -0.2) is 9.59 Å². The van der Waals surface area contributed by atoms with Crippen LogP contribution in [-0.2, 0) is 0 Å². The summed E-state index contributed by atoms with van der Waals surface area (Å²) in [4.78, 5) is 47.3. The number of nitro benzene ring substituents is 1. The van der Waals surface area contributed by atoms with E-state index in [-0.39, 0.29) is 34.2 Å². The van der Waals surface area contributed by atoms with Gasteiger partial charge in [0, 0.05) is 29.1 Å². The number of hydrogen-bond acceptors (Lipinski definition) is 7. The molecule has 0 spiro atoms. The van der Waals surface area contributed by atoms with Gasteiger partial charge >= 0.3 is 11.6 Å². The lowest BCUT2D eigenvalue weighted by atomic mass is 10.1. The van der Waals surface area contributed by atoms with Gasteiger partial charge in [0.05, 0.1) is 10.5 Å². The summed E-state index contributed by atoms with van der Waals surface area (Å²) in [7, 11) is 0. The van der Waals surface area contributed by atoms with Gasteiger partial charge in [0.1, 0.15) is 16.9 Å². The van der Waals surface area contributed by atoms with Gasteiger partial charge < -0.3 is 14.5 Å². The van der Waals surface area contributed by atoms with E-state index in [1.165, 1.54) is 43.3 Å². The number of fused-ring (bicyclic) bond motifs is 1. The minimum Gasteiger partial charge on any atom is -0.423 e. The molecule has 2 aromatic carbocycles. The van der Waals surface area contributed by atoms with Crippen molar-refractivity contribution < 1.29 is 23.7 Å². The van der Waals surface area contributed by atoms with Crippen molar-refractivity contribution in [3.8, 4) is 5.75 Å². The average Bonchev–Trinajstić information content (AvgIpc) is 2.72. The highest BCUT2D eigenvalue weighted by atomic mass is 16.6. The zero-order chi connectivity index (χ0) is 22.7. The number of nitro groups is 1. The highest BCUT2D eigenvalue weighted by Gasteiger charge is 2.18. The second-order valence-corrected chi connectivity index (χ2v) is 7.08. The molecule has 3 rings (SSSR count). The van der Waals surface area contributed by atoms with Crippen molar-refractivity contribution in [1.29, 1.82) is 0 Å². The second kappa shape index (κ2) is 8.78. The Balaban J connectivity index is 1.84. The molecule has 0 saturated heterocycles. The Labute approximate surface area is 176 Å². The van der Waals surface area contributed by atoms with Crippen LogP contribution in [0.15, 0.2) is 51.7 Å². The third-order valence-corrected chi connectivity index (χ3v) is 4.78. The lowest BCUT2D eigenvalue weighted by molar-refractivity contribution is -0.385. The predicted octanol–water partition coefficient (Wildman–Crippen LogP) is 3.76. The quantitative estimate of drug-likeness (QED) is 0.210. The molecule has 3 aromatic rings. The molecule has 0 bridgehead atoms. The Morgan fingerprint density at radius 2 is 1.94 bits per heavy atom. The molecular formula is C22H20N2O7. The van der Waals surface area contributed by atoms with Gasteiger partial charge in [0.25, 0.3) is 11.6 Å².